The van der Waals surface area contributed by atoms with E-state index in [0.29, 0.717) is 24.7 Å². The van der Waals surface area contributed by atoms with Crippen LogP contribution in [0.5, 0.6) is 0 Å². The van der Waals surface area contributed by atoms with Crippen LogP contribution in [0.3, 0.4) is 0 Å². The van der Waals surface area contributed by atoms with Crippen molar-refractivity contribution in [1.29, 1.82) is 0 Å². The van der Waals surface area contributed by atoms with Gasteiger partial charge in [-0.05, 0) is 40.5 Å². The van der Waals surface area contributed by atoms with Crippen molar-refractivity contribution in [3.63, 3.8) is 0 Å². The number of alkyl carbamates (subject to hydrolysis) is 1. The van der Waals surface area contributed by atoms with Gasteiger partial charge >= 0.3 is 12.1 Å². The van der Waals surface area contributed by atoms with Crippen LogP contribution in [0, 0.1) is 0 Å². The van der Waals surface area contributed by atoms with Crippen LogP contribution < -0.4 is 10.2 Å². The van der Waals surface area contributed by atoms with Crippen LogP contribution in [0.4, 0.5) is 10.7 Å². The molecule has 1 aliphatic heterocycles. The van der Waals surface area contributed by atoms with Crippen molar-refractivity contribution in [3.05, 3.63) is 18.0 Å². The van der Waals surface area contributed by atoms with Crippen LogP contribution in [0.15, 0.2) is 12.4 Å². The van der Waals surface area contributed by atoms with Gasteiger partial charge in [0.05, 0.1) is 12.2 Å². The third-order valence-electron chi connectivity index (χ3n) is 3.57. The Morgan fingerprint density at radius 1 is 1.32 bits per heavy atom. The van der Waals surface area contributed by atoms with E-state index >= 15 is 0 Å². The molecule has 1 N–H and O–H groups in total. The molecule has 2 heterocycles. The van der Waals surface area contributed by atoms with E-state index in [0.717, 1.165) is 19.4 Å². The highest BCUT2D eigenvalue weighted by atomic mass is 16.6. The summed E-state index contributed by atoms with van der Waals surface area (Å²) in [4.78, 5) is 34.0. The molecule has 1 fully saturated rings. The smallest absolute Gasteiger partial charge is 0.407 e. The average molecular weight is 350 g/mol. The summed E-state index contributed by atoms with van der Waals surface area (Å²) >= 11 is 0. The van der Waals surface area contributed by atoms with Gasteiger partial charge in [-0.1, -0.05) is 0 Å². The SMILES string of the molecule is CCOC(=O)c1cnc(N2CCCC(NC(=O)OC(C)(C)C)C2)nc1. The fraction of sp³-hybridized carbons (Fsp3) is 0.647. The van der Waals surface area contributed by atoms with Gasteiger partial charge in [0.2, 0.25) is 5.95 Å². The Morgan fingerprint density at radius 3 is 2.60 bits per heavy atom. The minimum atomic E-state index is -0.523. The number of hydrogen-bond acceptors (Lipinski definition) is 7. The van der Waals surface area contributed by atoms with Crippen LogP contribution in [-0.2, 0) is 9.47 Å². The lowest BCUT2D eigenvalue weighted by atomic mass is 10.1. The first kappa shape index (κ1) is 19.0. The van der Waals surface area contributed by atoms with E-state index < -0.39 is 17.7 Å². The number of aromatic nitrogens is 2. The summed E-state index contributed by atoms with van der Waals surface area (Å²) in [5.41, 5.74) is -0.198. The molecule has 1 aliphatic rings. The molecular weight excluding hydrogens is 324 g/mol. The number of esters is 1. The number of ether oxygens (including phenoxy) is 2. The van der Waals surface area contributed by atoms with Crippen molar-refractivity contribution in [2.45, 2.75) is 52.2 Å². The normalized spacial score (nSPS) is 17.8. The van der Waals surface area contributed by atoms with E-state index in [1.165, 1.54) is 12.4 Å². The summed E-state index contributed by atoms with van der Waals surface area (Å²) in [5.74, 6) is 0.0981. The van der Waals surface area contributed by atoms with Gasteiger partial charge in [0.1, 0.15) is 5.60 Å². The lowest BCUT2D eigenvalue weighted by Crippen LogP contribution is -2.49. The maximum atomic E-state index is 11.9. The molecule has 0 saturated carbocycles. The van der Waals surface area contributed by atoms with Crippen molar-refractivity contribution in [2.24, 2.45) is 0 Å². The number of nitrogens with zero attached hydrogens (tertiary/aromatic N) is 3. The van der Waals surface area contributed by atoms with E-state index in [1.54, 1.807) is 6.92 Å². The molecule has 1 aromatic rings. The van der Waals surface area contributed by atoms with Crippen molar-refractivity contribution < 1.29 is 19.1 Å². The van der Waals surface area contributed by atoms with Crippen molar-refractivity contribution in [2.75, 3.05) is 24.6 Å². The molecule has 8 heteroatoms. The van der Waals surface area contributed by atoms with E-state index in [-0.39, 0.29) is 6.04 Å². The monoisotopic (exact) mass is 350 g/mol. The number of anilines is 1. The number of amides is 1. The Labute approximate surface area is 147 Å². The third kappa shape index (κ3) is 5.88. The van der Waals surface area contributed by atoms with Gasteiger partial charge in [-0.2, -0.15) is 0 Å². The molecule has 25 heavy (non-hydrogen) atoms. The van der Waals surface area contributed by atoms with Crippen LogP contribution >= 0.6 is 0 Å². The van der Waals surface area contributed by atoms with Gasteiger partial charge in [-0.3, -0.25) is 0 Å². The number of nitrogens with one attached hydrogen (secondary N) is 1. The minimum absolute atomic E-state index is 0.0306. The Hall–Kier alpha value is -2.38. The van der Waals surface area contributed by atoms with Crippen LogP contribution in [0.2, 0.25) is 0 Å². The van der Waals surface area contributed by atoms with E-state index in [4.69, 9.17) is 9.47 Å². The fourth-order valence-corrected chi connectivity index (χ4v) is 2.56. The van der Waals surface area contributed by atoms with Gasteiger partial charge in [-0.25, -0.2) is 19.6 Å². The highest BCUT2D eigenvalue weighted by molar-refractivity contribution is 5.88. The standard InChI is InChI=1S/C17H26N4O4/c1-5-24-14(22)12-9-18-15(19-10-12)21-8-6-7-13(11-21)20-16(23)25-17(2,3)4/h9-10,13H,5-8,11H2,1-4H3,(H,20,23). The molecule has 2 rings (SSSR count). The van der Waals surface area contributed by atoms with Crippen LogP contribution in [0.25, 0.3) is 0 Å². The molecule has 0 aliphatic carbocycles. The lowest BCUT2D eigenvalue weighted by molar-refractivity contribution is 0.0495. The second-order valence-corrected chi connectivity index (χ2v) is 6.92. The summed E-state index contributed by atoms with van der Waals surface area (Å²) in [5, 5.41) is 2.89. The highest BCUT2D eigenvalue weighted by Crippen LogP contribution is 2.17. The third-order valence-corrected chi connectivity index (χ3v) is 3.57. The van der Waals surface area contributed by atoms with E-state index in [1.807, 2.05) is 25.7 Å². The number of hydrogen-bond donors (Lipinski definition) is 1. The molecule has 0 radical (unpaired) electrons. The van der Waals surface area contributed by atoms with Crippen LogP contribution in [0.1, 0.15) is 50.9 Å². The molecule has 1 amide bonds. The number of carbonyl (C=O) groups is 2. The molecule has 0 bridgehead atoms. The number of rotatable bonds is 4. The molecule has 1 unspecified atom stereocenters. The summed E-state index contributed by atoms with van der Waals surface area (Å²) in [6, 6.07) is -0.0306. The Morgan fingerprint density at radius 2 is 2.00 bits per heavy atom. The van der Waals surface area contributed by atoms with Gasteiger partial charge in [0.25, 0.3) is 0 Å². The van der Waals surface area contributed by atoms with E-state index in [2.05, 4.69) is 15.3 Å². The molecular formula is C17H26N4O4. The van der Waals surface area contributed by atoms with Gasteiger partial charge in [-0.15, -0.1) is 0 Å². The Kier molecular flexibility index (Phi) is 6.17. The summed E-state index contributed by atoms with van der Waals surface area (Å²) in [7, 11) is 0. The van der Waals surface area contributed by atoms with Crippen molar-refractivity contribution in [3.8, 4) is 0 Å². The average Bonchev–Trinajstić information content (AvgIpc) is 2.53. The van der Waals surface area contributed by atoms with Crippen molar-refractivity contribution in [1.82, 2.24) is 15.3 Å². The molecule has 0 aromatic carbocycles. The quantitative estimate of drug-likeness (QED) is 0.832. The van der Waals surface area contributed by atoms with E-state index in [9.17, 15) is 9.59 Å². The maximum absolute atomic E-state index is 11.9. The largest absolute Gasteiger partial charge is 0.462 e. The summed E-state index contributed by atoms with van der Waals surface area (Å²) < 4.78 is 10.2. The molecule has 1 aromatic heterocycles. The molecule has 1 atom stereocenters. The number of carbonyl (C=O) groups excluding carboxylic acids is 2. The summed E-state index contributed by atoms with van der Waals surface area (Å²) in [6.45, 7) is 8.95. The second-order valence-electron chi connectivity index (χ2n) is 6.92. The predicted octanol–water partition coefficient (Wildman–Crippen LogP) is 2.15. The fourth-order valence-electron chi connectivity index (χ4n) is 2.56. The van der Waals surface area contributed by atoms with Gasteiger partial charge in [0.15, 0.2) is 0 Å². The zero-order valence-electron chi connectivity index (χ0n) is 15.2. The lowest BCUT2D eigenvalue weighted by Gasteiger charge is -2.33. The summed E-state index contributed by atoms with van der Waals surface area (Å²) in [6.07, 6.45) is 4.29. The topological polar surface area (TPSA) is 93.7 Å². The minimum Gasteiger partial charge on any atom is -0.462 e. The predicted molar refractivity (Wildman–Crippen MR) is 92.6 cm³/mol. The van der Waals surface area contributed by atoms with Gasteiger partial charge in [0, 0.05) is 31.5 Å². The zero-order valence-corrected chi connectivity index (χ0v) is 15.2. The van der Waals surface area contributed by atoms with Gasteiger partial charge < -0.3 is 19.7 Å². The molecule has 1 saturated heterocycles. The first-order valence-electron chi connectivity index (χ1n) is 8.52. The first-order valence-corrected chi connectivity index (χ1v) is 8.52. The first-order chi connectivity index (χ1) is 11.8. The van der Waals surface area contributed by atoms with Crippen molar-refractivity contribution >= 4 is 18.0 Å². The molecule has 138 valence electrons. The Bertz CT molecular complexity index is 598. The molecule has 0 spiro atoms. The molecule has 8 nitrogen and oxygen atoms in total. The zero-order chi connectivity index (χ0) is 18.4. The number of piperidine rings is 1. The maximum Gasteiger partial charge on any atom is 0.407 e. The Balaban J connectivity index is 1.94. The second kappa shape index (κ2) is 8.13. The van der Waals surface area contributed by atoms with Crippen LogP contribution in [-0.4, -0.2) is 53.4 Å². The highest BCUT2D eigenvalue weighted by Gasteiger charge is 2.25.